The van der Waals surface area contributed by atoms with Crippen LogP contribution in [0.3, 0.4) is 0 Å². The predicted molar refractivity (Wildman–Crippen MR) is 112 cm³/mol. The van der Waals surface area contributed by atoms with Crippen molar-refractivity contribution < 1.29 is 4.79 Å². The van der Waals surface area contributed by atoms with E-state index in [0.717, 1.165) is 35.1 Å². The Hall–Kier alpha value is -2.37. The van der Waals surface area contributed by atoms with E-state index in [9.17, 15) is 4.79 Å². The second kappa shape index (κ2) is 8.33. The minimum atomic E-state index is -0.435. The van der Waals surface area contributed by atoms with E-state index in [1.165, 1.54) is 19.3 Å². The van der Waals surface area contributed by atoms with Gasteiger partial charge in [-0.3, -0.25) is 9.36 Å². The number of imidazole rings is 1. The van der Waals surface area contributed by atoms with Gasteiger partial charge in [-0.15, -0.1) is 0 Å². The van der Waals surface area contributed by atoms with Crippen molar-refractivity contribution in [2.75, 3.05) is 0 Å². The fourth-order valence-electron chi connectivity index (χ4n) is 4.00. The van der Waals surface area contributed by atoms with Crippen LogP contribution in [0.25, 0.3) is 16.7 Å². The number of fused-ring (bicyclic) bond motifs is 1. The molecule has 1 unspecified atom stereocenters. The smallest absolute Gasteiger partial charge is 0.237 e. The van der Waals surface area contributed by atoms with Gasteiger partial charge in [0.1, 0.15) is 6.33 Å². The number of nitrogens with zero attached hydrogens (tertiary/aromatic N) is 2. The molecule has 1 aliphatic rings. The summed E-state index contributed by atoms with van der Waals surface area (Å²) in [5, 5.41) is 3.57. The molecular formula is C22H25ClN4O. The zero-order valence-corrected chi connectivity index (χ0v) is 16.5. The molecule has 4 rings (SSSR count). The van der Waals surface area contributed by atoms with E-state index in [4.69, 9.17) is 17.3 Å². The molecule has 0 aliphatic heterocycles. The number of benzene rings is 2. The Labute approximate surface area is 169 Å². The molecule has 1 atom stereocenters. The second-order valence-corrected chi connectivity index (χ2v) is 7.93. The number of nitrogens with two attached hydrogens (primary N) is 1. The van der Waals surface area contributed by atoms with Crippen LogP contribution in [0.2, 0.25) is 5.02 Å². The topological polar surface area (TPSA) is 72.9 Å². The summed E-state index contributed by atoms with van der Waals surface area (Å²) in [4.78, 5) is 16.9. The lowest BCUT2D eigenvalue weighted by molar-refractivity contribution is -0.123. The zero-order valence-electron chi connectivity index (χ0n) is 15.8. The average Bonchev–Trinajstić information content (AvgIpc) is 3.17. The van der Waals surface area contributed by atoms with E-state index in [2.05, 4.69) is 10.3 Å². The van der Waals surface area contributed by atoms with Gasteiger partial charge in [-0.05, 0) is 48.6 Å². The summed E-state index contributed by atoms with van der Waals surface area (Å²) in [6.45, 7) is 0.378. The largest absolute Gasteiger partial charge is 0.351 e. The summed E-state index contributed by atoms with van der Waals surface area (Å²) in [6.07, 6.45) is 7.47. The third kappa shape index (κ3) is 3.91. The number of rotatable bonds is 5. The quantitative estimate of drug-likeness (QED) is 0.678. The van der Waals surface area contributed by atoms with Gasteiger partial charge < -0.3 is 11.1 Å². The fraction of sp³-hybridized carbons (Fsp3) is 0.364. The molecule has 146 valence electrons. The number of halogens is 1. The van der Waals surface area contributed by atoms with Crippen molar-refractivity contribution >= 4 is 28.5 Å². The standard InChI is InChI=1S/C22H25ClN4O/c23-18-12-17(27-14-26-19-8-4-5-9-20(19)27)11-10-16(18)13-25-22(28)21(24)15-6-2-1-3-7-15/h4-5,8-12,14-15,21H,1-3,6-7,13,24H2,(H,25,28). The summed E-state index contributed by atoms with van der Waals surface area (Å²) in [5.41, 5.74) is 9.95. The number of hydrogen-bond donors (Lipinski definition) is 2. The van der Waals surface area contributed by atoms with Crippen molar-refractivity contribution in [1.29, 1.82) is 0 Å². The van der Waals surface area contributed by atoms with E-state index in [0.29, 0.717) is 17.5 Å². The molecule has 1 amide bonds. The minimum absolute atomic E-state index is 0.0901. The van der Waals surface area contributed by atoms with Crippen LogP contribution >= 0.6 is 11.6 Å². The molecule has 6 heteroatoms. The highest BCUT2D eigenvalue weighted by Crippen LogP contribution is 2.26. The van der Waals surface area contributed by atoms with Gasteiger partial charge in [0, 0.05) is 17.3 Å². The third-order valence-electron chi connectivity index (χ3n) is 5.68. The number of carbonyl (C=O) groups is 1. The lowest BCUT2D eigenvalue weighted by Gasteiger charge is -2.26. The van der Waals surface area contributed by atoms with Gasteiger partial charge >= 0.3 is 0 Å². The van der Waals surface area contributed by atoms with Crippen molar-refractivity contribution in [1.82, 2.24) is 14.9 Å². The molecule has 0 saturated heterocycles. The molecule has 28 heavy (non-hydrogen) atoms. The Kier molecular flexibility index (Phi) is 5.64. The summed E-state index contributed by atoms with van der Waals surface area (Å²) in [7, 11) is 0. The molecule has 3 aromatic rings. The van der Waals surface area contributed by atoms with Crippen LogP contribution < -0.4 is 11.1 Å². The Morgan fingerprint density at radius 1 is 1.21 bits per heavy atom. The molecule has 3 N–H and O–H groups in total. The third-order valence-corrected chi connectivity index (χ3v) is 6.03. The van der Waals surface area contributed by atoms with E-state index >= 15 is 0 Å². The number of para-hydroxylation sites is 2. The first kappa shape index (κ1) is 19.0. The molecule has 2 aromatic carbocycles. The second-order valence-electron chi connectivity index (χ2n) is 7.52. The van der Waals surface area contributed by atoms with Crippen LogP contribution in [0, 0.1) is 5.92 Å². The van der Waals surface area contributed by atoms with Crippen molar-refractivity contribution in [3.63, 3.8) is 0 Å². The van der Waals surface area contributed by atoms with Crippen LogP contribution in [0.4, 0.5) is 0 Å². The first-order chi connectivity index (χ1) is 13.6. The molecule has 1 aliphatic carbocycles. The number of carbonyl (C=O) groups excluding carboxylic acids is 1. The van der Waals surface area contributed by atoms with Crippen LogP contribution in [0.1, 0.15) is 37.7 Å². The summed E-state index contributed by atoms with van der Waals surface area (Å²) in [6, 6.07) is 13.4. The highest BCUT2D eigenvalue weighted by atomic mass is 35.5. The van der Waals surface area contributed by atoms with E-state index in [1.807, 2.05) is 47.0 Å². The maximum Gasteiger partial charge on any atom is 0.237 e. The Bertz CT molecular complexity index is 978. The number of amides is 1. The summed E-state index contributed by atoms with van der Waals surface area (Å²) in [5.74, 6) is 0.203. The Morgan fingerprint density at radius 3 is 2.79 bits per heavy atom. The van der Waals surface area contributed by atoms with Crippen LogP contribution in [-0.2, 0) is 11.3 Å². The highest BCUT2D eigenvalue weighted by Gasteiger charge is 2.26. The molecule has 5 nitrogen and oxygen atoms in total. The van der Waals surface area contributed by atoms with Crippen LogP contribution in [0.5, 0.6) is 0 Å². The summed E-state index contributed by atoms with van der Waals surface area (Å²) >= 11 is 6.49. The molecule has 1 aromatic heterocycles. The van der Waals surface area contributed by atoms with Crippen LogP contribution in [-0.4, -0.2) is 21.5 Å². The van der Waals surface area contributed by atoms with Gasteiger partial charge in [-0.1, -0.05) is 49.1 Å². The molecule has 0 spiro atoms. The van der Waals surface area contributed by atoms with Gasteiger partial charge in [0.05, 0.1) is 17.1 Å². The van der Waals surface area contributed by atoms with Crippen molar-refractivity contribution in [2.24, 2.45) is 11.7 Å². The Balaban J connectivity index is 1.44. The highest BCUT2D eigenvalue weighted by molar-refractivity contribution is 6.31. The van der Waals surface area contributed by atoms with E-state index in [-0.39, 0.29) is 5.91 Å². The predicted octanol–water partition coefficient (Wildman–Crippen LogP) is 4.20. The lowest BCUT2D eigenvalue weighted by Crippen LogP contribution is -2.45. The number of nitrogens with one attached hydrogen (secondary N) is 1. The lowest BCUT2D eigenvalue weighted by atomic mass is 9.84. The van der Waals surface area contributed by atoms with E-state index < -0.39 is 6.04 Å². The molecule has 0 bridgehead atoms. The normalized spacial score (nSPS) is 16.2. The van der Waals surface area contributed by atoms with Gasteiger partial charge in [0.2, 0.25) is 5.91 Å². The summed E-state index contributed by atoms with van der Waals surface area (Å²) < 4.78 is 2.00. The monoisotopic (exact) mass is 396 g/mol. The minimum Gasteiger partial charge on any atom is -0.351 e. The molecular weight excluding hydrogens is 372 g/mol. The maximum absolute atomic E-state index is 12.4. The SMILES string of the molecule is NC(C(=O)NCc1ccc(-n2cnc3ccccc32)cc1Cl)C1CCCCC1. The van der Waals surface area contributed by atoms with Gasteiger partial charge in [0.15, 0.2) is 0 Å². The molecule has 1 saturated carbocycles. The maximum atomic E-state index is 12.4. The van der Waals surface area contributed by atoms with Gasteiger partial charge in [0.25, 0.3) is 0 Å². The van der Waals surface area contributed by atoms with Gasteiger partial charge in [-0.2, -0.15) is 0 Å². The van der Waals surface area contributed by atoms with Gasteiger partial charge in [-0.25, -0.2) is 4.98 Å². The average molecular weight is 397 g/mol. The fourth-order valence-corrected chi connectivity index (χ4v) is 4.24. The number of aromatic nitrogens is 2. The zero-order chi connectivity index (χ0) is 19.5. The molecule has 1 fully saturated rings. The van der Waals surface area contributed by atoms with Crippen molar-refractivity contribution in [2.45, 2.75) is 44.7 Å². The van der Waals surface area contributed by atoms with Crippen molar-refractivity contribution in [3.05, 3.63) is 59.4 Å². The first-order valence-corrected chi connectivity index (χ1v) is 10.3. The van der Waals surface area contributed by atoms with Crippen molar-refractivity contribution in [3.8, 4) is 5.69 Å². The molecule has 0 radical (unpaired) electrons. The van der Waals surface area contributed by atoms with E-state index in [1.54, 1.807) is 6.33 Å². The number of hydrogen-bond acceptors (Lipinski definition) is 3. The van der Waals surface area contributed by atoms with Crippen LogP contribution in [0.15, 0.2) is 48.8 Å². The first-order valence-electron chi connectivity index (χ1n) is 9.87. The Morgan fingerprint density at radius 2 is 2.00 bits per heavy atom. The molecule has 1 heterocycles.